The van der Waals surface area contributed by atoms with Crippen LogP contribution in [0.25, 0.3) is 0 Å². The molecule has 0 aromatic heterocycles. The molecule has 9 heteroatoms. The number of carbonyl (C=O) groups is 2. The molecule has 3 rings (SSSR count). The van der Waals surface area contributed by atoms with Crippen molar-refractivity contribution in [2.75, 3.05) is 13.2 Å². The zero-order chi connectivity index (χ0) is 20.1. The summed E-state index contributed by atoms with van der Waals surface area (Å²) in [5, 5.41) is 0. The predicted octanol–water partition coefficient (Wildman–Crippen LogP) is 1.90. The zero-order valence-electron chi connectivity index (χ0n) is 15.0. The SMILES string of the molecule is CCOC(=O)c1cccc(OC(=O)CCN=C2NS(=O)(=O)c3ccccc32)c1. The summed E-state index contributed by atoms with van der Waals surface area (Å²) >= 11 is 0. The van der Waals surface area contributed by atoms with Crippen LogP contribution in [0.2, 0.25) is 0 Å². The monoisotopic (exact) mass is 402 g/mol. The molecular formula is C19H18N2O6S. The van der Waals surface area contributed by atoms with E-state index in [1.165, 1.54) is 12.1 Å². The van der Waals surface area contributed by atoms with Crippen molar-refractivity contribution in [1.29, 1.82) is 0 Å². The molecular weight excluding hydrogens is 384 g/mol. The Kier molecular flexibility index (Phi) is 5.74. The number of aliphatic imine (C=N–C) groups is 1. The van der Waals surface area contributed by atoms with E-state index in [4.69, 9.17) is 9.47 Å². The first kappa shape index (κ1) is 19.6. The Balaban J connectivity index is 1.61. The topological polar surface area (TPSA) is 111 Å². The van der Waals surface area contributed by atoms with Gasteiger partial charge in [0.1, 0.15) is 11.6 Å². The van der Waals surface area contributed by atoms with Crippen molar-refractivity contribution in [2.45, 2.75) is 18.2 Å². The van der Waals surface area contributed by atoms with Crippen LogP contribution < -0.4 is 9.46 Å². The van der Waals surface area contributed by atoms with Crippen molar-refractivity contribution >= 4 is 27.8 Å². The standard InChI is InChI=1S/C19H18N2O6S/c1-2-26-19(23)13-6-5-7-14(12-13)27-17(22)10-11-20-18-15-8-3-4-9-16(15)28(24,25)21-18/h3-9,12H,2,10-11H2,1H3,(H,20,21). The van der Waals surface area contributed by atoms with E-state index >= 15 is 0 Å². The van der Waals surface area contributed by atoms with Gasteiger partial charge in [0.25, 0.3) is 10.0 Å². The quantitative estimate of drug-likeness (QED) is 0.584. The van der Waals surface area contributed by atoms with Crippen LogP contribution in [0.4, 0.5) is 0 Å². The van der Waals surface area contributed by atoms with E-state index in [1.54, 1.807) is 43.3 Å². The van der Waals surface area contributed by atoms with Crippen molar-refractivity contribution in [3.8, 4) is 5.75 Å². The molecule has 0 saturated carbocycles. The van der Waals surface area contributed by atoms with Gasteiger partial charge in [0, 0.05) is 5.56 Å². The number of amidine groups is 1. The molecule has 2 aromatic carbocycles. The van der Waals surface area contributed by atoms with Gasteiger partial charge in [0.2, 0.25) is 0 Å². The van der Waals surface area contributed by atoms with Gasteiger partial charge >= 0.3 is 11.9 Å². The summed E-state index contributed by atoms with van der Waals surface area (Å²) in [7, 11) is -3.61. The molecule has 0 unspecified atom stereocenters. The second-order valence-corrected chi connectivity index (χ2v) is 7.46. The van der Waals surface area contributed by atoms with E-state index in [0.717, 1.165) is 0 Å². The molecule has 0 spiro atoms. The van der Waals surface area contributed by atoms with Gasteiger partial charge in [-0.2, -0.15) is 0 Å². The van der Waals surface area contributed by atoms with Crippen molar-refractivity contribution < 1.29 is 27.5 Å². The number of nitrogens with one attached hydrogen (secondary N) is 1. The lowest BCUT2D eigenvalue weighted by Crippen LogP contribution is -2.22. The molecule has 0 aliphatic carbocycles. The lowest BCUT2D eigenvalue weighted by atomic mass is 10.2. The van der Waals surface area contributed by atoms with Gasteiger partial charge in [-0.05, 0) is 37.3 Å². The van der Waals surface area contributed by atoms with Crippen LogP contribution in [-0.2, 0) is 19.6 Å². The molecule has 0 saturated heterocycles. The van der Waals surface area contributed by atoms with Crippen LogP contribution in [0.1, 0.15) is 29.3 Å². The minimum Gasteiger partial charge on any atom is -0.462 e. The molecule has 0 bridgehead atoms. The molecule has 146 valence electrons. The average Bonchev–Trinajstić information content (AvgIpc) is 2.93. The van der Waals surface area contributed by atoms with E-state index in [9.17, 15) is 18.0 Å². The number of hydrogen-bond donors (Lipinski definition) is 1. The fraction of sp³-hybridized carbons (Fsp3) is 0.211. The lowest BCUT2D eigenvalue weighted by Gasteiger charge is -2.06. The minimum absolute atomic E-state index is 0.0442. The fourth-order valence-electron chi connectivity index (χ4n) is 2.59. The Bertz CT molecular complexity index is 1050. The second-order valence-electron chi connectivity index (χ2n) is 5.80. The van der Waals surface area contributed by atoms with Gasteiger partial charge in [0.15, 0.2) is 0 Å². The predicted molar refractivity (Wildman–Crippen MR) is 101 cm³/mol. The third-order valence-corrected chi connectivity index (χ3v) is 5.22. The maximum atomic E-state index is 12.0. The Hall–Kier alpha value is -3.20. The Morgan fingerprint density at radius 1 is 1.11 bits per heavy atom. The molecule has 0 fully saturated rings. The smallest absolute Gasteiger partial charge is 0.338 e. The molecule has 0 atom stereocenters. The van der Waals surface area contributed by atoms with Gasteiger partial charge in [-0.3, -0.25) is 14.5 Å². The first-order valence-corrected chi connectivity index (χ1v) is 10.0. The highest BCUT2D eigenvalue weighted by Crippen LogP contribution is 2.22. The summed E-state index contributed by atoms with van der Waals surface area (Å²) < 4.78 is 36.5. The van der Waals surface area contributed by atoms with Crippen LogP contribution in [0, 0.1) is 0 Å². The van der Waals surface area contributed by atoms with E-state index in [2.05, 4.69) is 9.71 Å². The van der Waals surface area contributed by atoms with Crippen LogP contribution in [0.5, 0.6) is 5.75 Å². The molecule has 1 aliphatic heterocycles. The number of sulfonamides is 1. The first-order chi connectivity index (χ1) is 13.4. The molecule has 8 nitrogen and oxygen atoms in total. The molecule has 2 aromatic rings. The van der Waals surface area contributed by atoms with Crippen LogP contribution in [0.15, 0.2) is 58.4 Å². The number of nitrogens with zero attached hydrogens (tertiary/aromatic N) is 1. The number of rotatable bonds is 6. The fourth-order valence-corrected chi connectivity index (χ4v) is 3.84. The Labute approximate surface area is 162 Å². The maximum absolute atomic E-state index is 12.0. The molecule has 1 aliphatic rings. The Morgan fingerprint density at radius 2 is 1.89 bits per heavy atom. The van der Waals surface area contributed by atoms with Crippen LogP contribution in [0.3, 0.4) is 0 Å². The third-order valence-electron chi connectivity index (χ3n) is 3.83. The number of carbonyl (C=O) groups excluding carboxylic acids is 2. The number of esters is 2. The summed E-state index contributed by atoms with van der Waals surface area (Å²) in [6.07, 6.45) is -0.0585. The van der Waals surface area contributed by atoms with Gasteiger partial charge in [-0.25, -0.2) is 13.2 Å². The zero-order valence-corrected chi connectivity index (χ0v) is 15.9. The number of hydrogen-bond acceptors (Lipinski definition) is 7. The highest BCUT2D eigenvalue weighted by Gasteiger charge is 2.29. The molecule has 1 heterocycles. The number of ether oxygens (including phenoxy) is 2. The van der Waals surface area contributed by atoms with Crippen LogP contribution >= 0.6 is 0 Å². The average molecular weight is 402 g/mol. The van der Waals surface area contributed by atoms with Gasteiger partial charge in [0.05, 0.1) is 30.0 Å². The largest absolute Gasteiger partial charge is 0.462 e. The van der Waals surface area contributed by atoms with Crippen molar-refractivity contribution in [1.82, 2.24) is 4.72 Å². The highest BCUT2D eigenvalue weighted by molar-refractivity contribution is 7.90. The maximum Gasteiger partial charge on any atom is 0.338 e. The van der Waals surface area contributed by atoms with Crippen molar-refractivity contribution in [3.05, 3.63) is 59.7 Å². The van der Waals surface area contributed by atoms with E-state index in [-0.39, 0.29) is 41.6 Å². The number of fused-ring (bicyclic) bond motifs is 1. The number of benzene rings is 2. The van der Waals surface area contributed by atoms with Crippen LogP contribution in [-0.4, -0.2) is 39.3 Å². The summed E-state index contributed by atoms with van der Waals surface area (Å²) in [4.78, 5) is 28.1. The lowest BCUT2D eigenvalue weighted by molar-refractivity contribution is -0.134. The minimum atomic E-state index is -3.61. The van der Waals surface area contributed by atoms with Gasteiger partial charge in [-0.15, -0.1) is 0 Å². The summed E-state index contributed by atoms with van der Waals surface area (Å²) in [6, 6.07) is 12.6. The van der Waals surface area contributed by atoms with Crippen molar-refractivity contribution in [2.24, 2.45) is 4.99 Å². The third kappa shape index (κ3) is 4.37. The highest BCUT2D eigenvalue weighted by atomic mass is 32.2. The summed E-state index contributed by atoms with van der Waals surface area (Å²) in [5.41, 5.74) is 0.752. The molecule has 0 radical (unpaired) electrons. The molecule has 0 amide bonds. The summed E-state index contributed by atoms with van der Waals surface area (Å²) in [6.45, 7) is 1.99. The second kappa shape index (κ2) is 8.22. The van der Waals surface area contributed by atoms with Gasteiger partial charge < -0.3 is 9.47 Å². The van der Waals surface area contributed by atoms with E-state index in [1.807, 2.05) is 0 Å². The normalized spacial score (nSPS) is 15.5. The van der Waals surface area contributed by atoms with Crippen molar-refractivity contribution in [3.63, 3.8) is 0 Å². The molecule has 1 N–H and O–H groups in total. The van der Waals surface area contributed by atoms with E-state index < -0.39 is 22.0 Å². The summed E-state index contributed by atoms with van der Waals surface area (Å²) in [5.74, 6) is -0.638. The van der Waals surface area contributed by atoms with Gasteiger partial charge in [-0.1, -0.05) is 18.2 Å². The Morgan fingerprint density at radius 3 is 2.68 bits per heavy atom. The molecule has 28 heavy (non-hydrogen) atoms. The first-order valence-electron chi connectivity index (χ1n) is 8.55. The van der Waals surface area contributed by atoms with E-state index in [0.29, 0.717) is 5.56 Å².